The molecule has 1 saturated heterocycles. The first kappa shape index (κ1) is 19.4. The molecule has 142 valence electrons. The molecule has 12 heteroatoms. The van der Waals surface area contributed by atoms with E-state index in [1.807, 2.05) is 0 Å². The number of anilines is 1. The third-order valence-electron chi connectivity index (χ3n) is 3.58. The molecule has 1 fully saturated rings. The van der Waals surface area contributed by atoms with Crippen molar-refractivity contribution in [3.8, 4) is 0 Å². The van der Waals surface area contributed by atoms with Crippen molar-refractivity contribution >= 4 is 57.3 Å². The predicted octanol–water partition coefficient (Wildman–Crippen LogP) is 3.87. The molecule has 1 N–H and O–H groups in total. The summed E-state index contributed by atoms with van der Waals surface area (Å²) in [7, 11) is 0. The summed E-state index contributed by atoms with van der Waals surface area (Å²) in [5, 5.41) is 23.0. The van der Waals surface area contributed by atoms with Crippen LogP contribution in [0.25, 0.3) is 6.08 Å². The normalized spacial score (nSPS) is 15.2. The van der Waals surface area contributed by atoms with E-state index in [2.05, 4.69) is 5.43 Å². The smallest absolute Gasteiger partial charge is 0.283 e. The fraction of sp³-hybridized carbons (Fsp3) is 0. The van der Waals surface area contributed by atoms with Crippen LogP contribution in [0.3, 0.4) is 0 Å². The van der Waals surface area contributed by atoms with E-state index in [1.54, 1.807) is 0 Å². The van der Waals surface area contributed by atoms with Gasteiger partial charge >= 0.3 is 5.69 Å². The van der Waals surface area contributed by atoms with Crippen LogP contribution in [0.15, 0.2) is 47.4 Å². The zero-order valence-electron chi connectivity index (χ0n) is 13.7. The number of non-ortho nitro benzene ring substituents is 1. The Morgan fingerprint density at radius 3 is 2.39 bits per heavy atom. The van der Waals surface area contributed by atoms with Gasteiger partial charge < -0.3 is 0 Å². The third-order valence-corrected chi connectivity index (χ3v) is 4.88. The molecule has 1 aliphatic rings. The molecule has 0 unspecified atom stereocenters. The minimum Gasteiger partial charge on any atom is -0.283 e. The van der Waals surface area contributed by atoms with Gasteiger partial charge in [-0.05, 0) is 42.1 Å². The maximum absolute atomic E-state index is 13.0. The zero-order chi connectivity index (χ0) is 20.4. The lowest BCUT2D eigenvalue weighted by Crippen LogP contribution is -2.34. The molecule has 2 aromatic carbocycles. The van der Waals surface area contributed by atoms with Gasteiger partial charge in [0.25, 0.3) is 11.6 Å². The first-order valence-corrected chi connectivity index (χ1v) is 8.72. The molecule has 0 saturated carbocycles. The number of nitro benzene ring substituents is 2. The van der Waals surface area contributed by atoms with Gasteiger partial charge in [0.05, 0.1) is 20.8 Å². The second-order valence-corrected chi connectivity index (χ2v) is 7.07. The zero-order valence-corrected chi connectivity index (χ0v) is 15.3. The topological polar surface area (TPSA) is 119 Å². The van der Waals surface area contributed by atoms with Crippen LogP contribution in [0, 0.1) is 26.0 Å². The molecule has 0 aromatic heterocycles. The number of nitrogens with one attached hydrogen (secondary N) is 1. The van der Waals surface area contributed by atoms with E-state index in [-0.39, 0.29) is 14.9 Å². The SMILES string of the molecule is O=C1C(=Cc2ccc(F)cc2)SC(=S)N1Nc1ccc([N+](=O)[O-])cc1[N+](=O)[O-]. The van der Waals surface area contributed by atoms with E-state index in [0.717, 1.165) is 35.0 Å². The maximum Gasteiger partial charge on any atom is 0.300 e. The highest BCUT2D eigenvalue weighted by Crippen LogP contribution is 2.35. The molecule has 1 aliphatic heterocycles. The highest BCUT2D eigenvalue weighted by Gasteiger charge is 2.34. The third kappa shape index (κ3) is 3.97. The summed E-state index contributed by atoms with van der Waals surface area (Å²) in [6, 6.07) is 8.43. The average Bonchev–Trinajstić information content (AvgIpc) is 2.91. The second kappa shape index (κ2) is 7.70. The van der Waals surface area contributed by atoms with Gasteiger partial charge in [0.1, 0.15) is 11.5 Å². The molecule has 0 aliphatic carbocycles. The Labute approximate surface area is 166 Å². The van der Waals surface area contributed by atoms with Crippen LogP contribution < -0.4 is 5.43 Å². The largest absolute Gasteiger partial charge is 0.300 e. The van der Waals surface area contributed by atoms with Gasteiger partial charge in [-0.2, -0.15) is 0 Å². The molecular weight excluding hydrogens is 411 g/mol. The summed E-state index contributed by atoms with van der Waals surface area (Å²) in [5.41, 5.74) is 1.94. The molecule has 2 aromatic rings. The Hall–Kier alpha value is -3.38. The Morgan fingerprint density at radius 2 is 1.79 bits per heavy atom. The van der Waals surface area contributed by atoms with E-state index in [4.69, 9.17) is 12.2 Å². The number of amides is 1. The van der Waals surface area contributed by atoms with Gasteiger partial charge in [0, 0.05) is 6.07 Å². The number of carbonyl (C=O) groups excluding carboxylic acids is 1. The number of hydrogen-bond donors (Lipinski definition) is 1. The van der Waals surface area contributed by atoms with E-state index in [1.165, 1.54) is 30.3 Å². The van der Waals surface area contributed by atoms with Crippen LogP contribution in [0.1, 0.15) is 5.56 Å². The van der Waals surface area contributed by atoms with Gasteiger partial charge in [0.2, 0.25) is 0 Å². The predicted molar refractivity (Wildman–Crippen MR) is 105 cm³/mol. The van der Waals surface area contributed by atoms with E-state index in [9.17, 15) is 29.4 Å². The Bertz CT molecular complexity index is 1040. The van der Waals surface area contributed by atoms with Gasteiger partial charge in [-0.15, -0.1) is 0 Å². The summed E-state index contributed by atoms with van der Waals surface area (Å²) < 4.78 is 13.1. The first-order valence-electron chi connectivity index (χ1n) is 7.49. The number of hydrogen-bond acceptors (Lipinski definition) is 8. The van der Waals surface area contributed by atoms with Crippen LogP contribution in [0.2, 0.25) is 0 Å². The van der Waals surface area contributed by atoms with Gasteiger partial charge in [0.15, 0.2) is 4.32 Å². The summed E-state index contributed by atoms with van der Waals surface area (Å²) >= 11 is 6.09. The quantitative estimate of drug-likeness (QED) is 0.335. The van der Waals surface area contributed by atoms with E-state index >= 15 is 0 Å². The number of nitro groups is 2. The number of carbonyl (C=O) groups is 1. The van der Waals surface area contributed by atoms with Crippen molar-refractivity contribution in [2.45, 2.75) is 0 Å². The molecule has 9 nitrogen and oxygen atoms in total. The van der Waals surface area contributed by atoms with Crippen molar-refractivity contribution < 1.29 is 19.0 Å². The lowest BCUT2D eigenvalue weighted by atomic mass is 10.2. The van der Waals surface area contributed by atoms with Crippen LogP contribution in [-0.2, 0) is 4.79 Å². The average molecular weight is 420 g/mol. The van der Waals surface area contributed by atoms with Crippen LogP contribution in [0.5, 0.6) is 0 Å². The fourth-order valence-electron chi connectivity index (χ4n) is 2.27. The Balaban J connectivity index is 1.88. The molecule has 0 radical (unpaired) electrons. The molecule has 3 rings (SSSR count). The van der Waals surface area contributed by atoms with Gasteiger partial charge in [-0.1, -0.05) is 23.9 Å². The minimum absolute atomic E-state index is 0.0889. The van der Waals surface area contributed by atoms with Crippen molar-refractivity contribution in [3.05, 3.63) is 79.0 Å². The molecule has 28 heavy (non-hydrogen) atoms. The standard InChI is InChI=1S/C16H9FN4O5S2/c17-10-3-1-9(2-4-10)7-14-15(22)19(16(27)28-14)18-12-6-5-11(20(23)24)8-13(12)21(25)26/h1-8,18H. The summed E-state index contributed by atoms with van der Waals surface area (Å²) in [5.74, 6) is -0.983. The lowest BCUT2D eigenvalue weighted by molar-refractivity contribution is -0.393. The number of hydrazine groups is 1. The Morgan fingerprint density at radius 1 is 1.11 bits per heavy atom. The van der Waals surface area contributed by atoms with Crippen molar-refractivity contribution in [3.63, 3.8) is 0 Å². The summed E-state index contributed by atoms with van der Waals surface area (Å²) in [4.78, 5) is 33.3. The lowest BCUT2D eigenvalue weighted by Gasteiger charge is -2.16. The summed E-state index contributed by atoms with van der Waals surface area (Å²) in [6.07, 6.45) is 1.50. The molecule has 1 amide bonds. The number of thioether (sulfide) groups is 1. The summed E-state index contributed by atoms with van der Waals surface area (Å²) in [6.45, 7) is 0. The van der Waals surface area contributed by atoms with Crippen LogP contribution >= 0.6 is 24.0 Å². The molecular formula is C16H9FN4O5S2. The fourth-order valence-corrected chi connectivity index (χ4v) is 3.45. The molecule has 0 spiro atoms. The van der Waals surface area contributed by atoms with E-state index in [0.29, 0.717) is 5.56 Å². The number of rotatable bonds is 5. The molecule has 0 bridgehead atoms. The number of thiocarbonyl (C=S) groups is 1. The maximum atomic E-state index is 13.0. The highest BCUT2D eigenvalue weighted by molar-refractivity contribution is 8.26. The number of benzene rings is 2. The van der Waals surface area contributed by atoms with Gasteiger partial charge in [-0.25, -0.2) is 9.40 Å². The monoisotopic (exact) mass is 420 g/mol. The van der Waals surface area contributed by atoms with Crippen molar-refractivity contribution in [2.24, 2.45) is 0 Å². The van der Waals surface area contributed by atoms with Crippen LogP contribution in [-0.4, -0.2) is 25.1 Å². The van der Waals surface area contributed by atoms with Gasteiger partial charge in [-0.3, -0.25) is 30.4 Å². The highest BCUT2D eigenvalue weighted by atomic mass is 32.2. The van der Waals surface area contributed by atoms with Crippen molar-refractivity contribution in [2.75, 3.05) is 5.43 Å². The van der Waals surface area contributed by atoms with Crippen molar-refractivity contribution in [1.82, 2.24) is 5.01 Å². The van der Waals surface area contributed by atoms with Crippen molar-refractivity contribution in [1.29, 1.82) is 0 Å². The van der Waals surface area contributed by atoms with E-state index < -0.39 is 32.9 Å². The van der Waals surface area contributed by atoms with Crippen LogP contribution in [0.4, 0.5) is 21.5 Å². The number of nitrogens with zero attached hydrogens (tertiary/aromatic N) is 3. The Kier molecular flexibility index (Phi) is 5.33. The molecule has 0 atom stereocenters. The second-order valence-electron chi connectivity index (χ2n) is 5.40. The molecule has 1 heterocycles. The number of halogens is 1. The minimum atomic E-state index is -0.804. The first-order chi connectivity index (χ1) is 13.3.